The molecule has 204 valence electrons. The molecule has 2 aromatic rings. The van der Waals surface area contributed by atoms with Gasteiger partial charge >= 0.3 is 18.2 Å². The van der Waals surface area contributed by atoms with Gasteiger partial charge in [-0.3, -0.25) is 4.79 Å². The van der Waals surface area contributed by atoms with Crippen molar-refractivity contribution in [2.24, 2.45) is 11.8 Å². The van der Waals surface area contributed by atoms with E-state index in [1.54, 1.807) is 25.7 Å². The number of hydrogen-bond acceptors (Lipinski definition) is 5. The van der Waals surface area contributed by atoms with Crippen LogP contribution >= 0.6 is 0 Å². The van der Waals surface area contributed by atoms with Crippen molar-refractivity contribution in [3.63, 3.8) is 0 Å². The highest BCUT2D eigenvalue weighted by Crippen LogP contribution is 2.44. The Hall–Kier alpha value is -3.55. The fourth-order valence-electron chi connectivity index (χ4n) is 5.42. The molecule has 2 amide bonds. The van der Waals surface area contributed by atoms with Gasteiger partial charge in [0.15, 0.2) is 0 Å². The van der Waals surface area contributed by atoms with Gasteiger partial charge in [-0.2, -0.15) is 0 Å². The molecule has 0 bridgehead atoms. The summed E-state index contributed by atoms with van der Waals surface area (Å²) in [5.41, 5.74) is 4.09. The van der Waals surface area contributed by atoms with E-state index in [1.807, 2.05) is 24.3 Å². The lowest BCUT2D eigenvalue weighted by Crippen LogP contribution is -2.41. The maximum absolute atomic E-state index is 13.0. The number of hydrogen-bond donors (Lipinski definition) is 2. The fraction of sp³-hybridized carbons (Fsp3) is 0.500. The number of likely N-dealkylation sites (tertiary alicyclic amines) is 1. The molecule has 2 aliphatic rings. The molecule has 8 heteroatoms. The predicted octanol–water partition coefficient (Wildman–Crippen LogP) is 5.65. The van der Waals surface area contributed by atoms with Gasteiger partial charge in [-0.15, -0.1) is 0 Å². The summed E-state index contributed by atoms with van der Waals surface area (Å²) in [7, 11) is 0. The number of nitrogens with zero attached hydrogens (tertiary/aromatic N) is 1. The first-order chi connectivity index (χ1) is 18.1. The van der Waals surface area contributed by atoms with Crippen molar-refractivity contribution in [3.05, 3.63) is 59.7 Å². The van der Waals surface area contributed by atoms with Crippen LogP contribution in [0.3, 0.4) is 0 Å². The molecular weight excluding hydrogens is 484 g/mol. The SMILES string of the molecule is CC(C)(C)OC(=O)NCC(CCC1CCCN(C(=O)OCC2c3ccccc3-c3ccccc32)C1)C(=O)O. The Morgan fingerprint density at radius 3 is 2.29 bits per heavy atom. The molecule has 1 aliphatic carbocycles. The van der Waals surface area contributed by atoms with Crippen LogP contribution in [0.25, 0.3) is 11.1 Å². The molecule has 8 nitrogen and oxygen atoms in total. The summed E-state index contributed by atoms with van der Waals surface area (Å²) in [5.74, 6) is -1.47. The molecule has 0 saturated carbocycles. The third kappa shape index (κ3) is 6.85. The monoisotopic (exact) mass is 522 g/mol. The molecule has 1 heterocycles. The van der Waals surface area contributed by atoms with Gasteiger partial charge < -0.3 is 24.8 Å². The number of aliphatic carboxylic acids is 1. The number of rotatable bonds is 8. The topological polar surface area (TPSA) is 105 Å². The summed E-state index contributed by atoms with van der Waals surface area (Å²) in [6.07, 6.45) is 1.90. The van der Waals surface area contributed by atoms with Crippen LogP contribution in [0, 0.1) is 11.8 Å². The number of nitrogens with one attached hydrogen (secondary N) is 1. The number of piperidine rings is 1. The second-order valence-electron chi connectivity index (χ2n) is 11.3. The zero-order chi connectivity index (χ0) is 27.3. The van der Waals surface area contributed by atoms with E-state index in [0.29, 0.717) is 25.9 Å². The highest BCUT2D eigenvalue weighted by Gasteiger charge is 2.31. The summed E-state index contributed by atoms with van der Waals surface area (Å²) >= 11 is 0. The minimum Gasteiger partial charge on any atom is -0.481 e. The van der Waals surface area contributed by atoms with Crippen LogP contribution in [0.4, 0.5) is 9.59 Å². The van der Waals surface area contributed by atoms with E-state index >= 15 is 0 Å². The molecule has 2 aromatic carbocycles. The van der Waals surface area contributed by atoms with E-state index in [0.717, 1.165) is 12.8 Å². The lowest BCUT2D eigenvalue weighted by molar-refractivity contribution is -0.141. The Kier molecular flexibility index (Phi) is 8.59. The van der Waals surface area contributed by atoms with Gasteiger partial charge in [0.1, 0.15) is 12.2 Å². The second kappa shape index (κ2) is 11.9. The molecule has 0 radical (unpaired) electrons. The van der Waals surface area contributed by atoms with E-state index in [2.05, 4.69) is 29.6 Å². The van der Waals surface area contributed by atoms with Gasteiger partial charge in [0, 0.05) is 25.6 Å². The van der Waals surface area contributed by atoms with Crippen LogP contribution in [-0.4, -0.2) is 60.0 Å². The largest absolute Gasteiger partial charge is 0.481 e. The van der Waals surface area contributed by atoms with E-state index < -0.39 is 23.6 Å². The lowest BCUT2D eigenvalue weighted by Gasteiger charge is -2.33. The average molecular weight is 523 g/mol. The van der Waals surface area contributed by atoms with Crippen molar-refractivity contribution in [2.45, 2.75) is 58.0 Å². The molecule has 1 aliphatic heterocycles. The van der Waals surface area contributed by atoms with Gasteiger partial charge in [-0.25, -0.2) is 9.59 Å². The van der Waals surface area contributed by atoms with E-state index in [9.17, 15) is 19.5 Å². The van der Waals surface area contributed by atoms with Crippen LogP contribution in [0.1, 0.15) is 63.5 Å². The minimum atomic E-state index is -0.953. The summed E-state index contributed by atoms with van der Waals surface area (Å²) < 4.78 is 11.0. The number of carboxylic acids is 1. The molecule has 0 aromatic heterocycles. The van der Waals surface area contributed by atoms with Crippen molar-refractivity contribution >= 4 is 18.2 Å². The van der Waals surface area contributed by atoms with Crippen LogP contribution in [-0.2, 0) is 14.3 Å². The summed E-state index contributed by atoms with van der Waals surface area (Å²) in [6, 6.07) is 16.5. The Bertz CT molecular complexity index is 1110. The number of alkyl carbamates (subject to hydrolysis) is 1. The maximum Gasteiger partial charge on any atom is 0.409 e. The number of carbonyl (C=O) groups is 3. The van der Waals surface area contributed by atoms with Crippen molar-refractivity contribution in [1.29, 1.82) is 0 Å². The third-order valence-electron chi connectivity index (χ3n) is 7.28. The van der Waals surface area contributed by atoms with Crippen molar-refractivity contribution in [1.82, 2.24) is 10.2 Å². The lowest BCUT2D eigenvalue weighted by atomic mass is 9.90. The minimum absolute atomic E-state index is 0.00700. The molecule has 2 atom stereocenters. The highest BCUT2D eigenvalue weighted by molar-refractivity contribution is 5.79. The third-order valence-corrected chi connectivity index (χ3v) is 7.28. The summed E-state index contributed by atoms with van der Waals surface area (Å²) in [6.45, 7) is 6.74. The first-order valence-electron chi connectivity index (χ1n) is 13.4. The normalized spacial score (nSPS) is 17.8. The van der Waals surface area contributed by atoms with Gasteiger partial charge in [-0.05, 0) is 74.6 Å². The summed E-state index contributed by atoms with van der Waals surface area (Å²) in [4.78, 5) is 38.4. The van der Waals surface area contributed by atoms with Gasteiger partial charge in [0.05, 0.1) is 5.92 Å². The Morgan fingerprint density at radius 1 is 1.05 bits per heavy atom. The average Bonchev–Trinajstić information content (AvgIpc) is 3.20. The van der Waals surface area contributed by atoms with Crippen molar-refractivity contribution < 1.29 is 29.0 Å². The first-order valence-corrected chi connectivity index (χ1v) is 13.4. The second-order valence-corrected chi connectivity index (χ2v) is 11.3. The van der Waals surface area contributed by atoms with E-state index in [-0.39, 0.29) is 31.1 Å². The Balaban J connectivity index is 1.27. The molecule has 2 unspecified atom stereocenters. The zero-order valence-corrected chi connectivity index (χ0v) is 22.4. The van der Waals surface area contributed by atoms with Crippen molar-refractivity contribution in [2.75, 3.05) is 26.2 Å². The van der Waals surface area contributed by atoms with Crippen LogP contribution in [0.2, 0.25) is 0 Å². The number of carboxylic acid groups (broad SMARTS) is 1. The number of amides is 2. The van der Waals surface area contributed by atoms with Crippen LogP contribution in [0.5, 0.6) is 0 Å². The van der Waals surface area contributed by atoms with Crippen LogP contribution < -0.4 is 5.32 Å². The van der Waals surface area contributed by atoms with Crippen molar-refractivity contribution in [3.8, 4) is 11.1 Å². The first kappa shape index (κ1) is 27.5. The molecular formula is C30H38N2O6. The standard InChI is InChI=1S/C30H38N2O6/c1-30(2,3)38-28(35)31-17-21(27(33)34)15-14-20-9-8-16-32(18-20)29(36)37-19-26-24-12-6-4-10-22(24)23-11-5-7-13-25(23)26/h4-7,10-13,20-21,26H,8-9,14-19H2,1-3H3,(H,31,35)(H,33,34). The van der Waals surface area contributed by atoms with Gasteiger partial charge in [-0.1, -0.05) is 48.5 Å². The van der Waals surface area contributed by atoms with E-state index in [1.165, 1.54) is 22.3 Å². The van der Waals surface area contributed by atoms with E-state index in [4.69, 9.17) is 9.47 Å². The van der Waals surface area contributed by atoms with Gasteiger partial charge in [0.25, 0.3) is 0 Å². The Labute approximate surface area is 224 Å². The number of fused-ring (bicyclic) bond motifs is 3. The fourth-order valence-corrected chi connectivity index (χ4v) is 5.42. The highest BCUT2D eigenvalue weighted by atomic mass is 16.6. The summed E-state index contributed by atoms with van der Waals surface area (Å²) in [5, 5.41) is 12.2. The molecule has 2 N–H and O–H groups in total. The van der Waals surface area contributed by atoms with Crippen LogP contribution in [0.15, 0.2) is 48.5 Å². The molecule has 1 fully saturated rings. The molecule has 38 heavy (non-hydrogen) atoms. The number of ether oxygens (including phenoxy) is 2. The smallest absolute Gasteiger partial charge is 0.409 e. The predicted molar refractivity (Wildman–Crippen MR) is 144 cm³/mol. The number of benzene rings is 2. The maximum atomic E-state index is 13.0. The Morgan fingerprint density at radius 2 is 1.68 bits per heavy atom. The molecule has 0 spiro atoms. The number of carbonyl (C=O) groups excluding carboxylic acids is 2. The molecule has 1 saturated heterocycles. The zero-order valence-electron chi connectivity index (χ0n) is 22.4. The molecule has 4 rings (SSSR count). The van der Waals surface area contributed by atoms with Gasteiger partial charge in [0.2, 0.25) is 0 Å². The quantitative estimate of drug-likeness (QED) is 0.464.